The number of nitrogens with zero attached hydrogens (tertiary/aromatic N) is 5. The molecule has 1 N–H and O–H groups in total. The molecule has 0 radical (unpaired) electrons. The van der Waals surface area contributed by atoms with E-state index in [0.29, 0.717) is 25.2 Å². The third-order valence-corrected chi connectivity index (χ3v) is 4.75. The number of carboxylic acids is 1. The molecule has 0 saturated carbocycles. The fourth-order valence-electron chi connectivity index (χ4n) is 3.22. The summed E-state index contributed by atoms with van der Waals surface area (Å²) < 4.78 is 0. The van der Waals surface area contributed by atoms with Crippen molar-refractivity contribution in [3.63, 3.8) is 0 Å². The molecule has 132 valence electrons. The highest BCUT2D eigenvalue weighted by Gasteiger charge is 2.37. The van der Waals surface area contributed by atoms with Gasteiger partial charge in [0.1, 0.15) is 6.04 Å². The van der Waals surface area contributed by atoms with Crippen molar-refractivity contribution in [1.29, 1.82) is 0 Å². The van der Waals surface area contributed by atoms with E-state index in [1.54, 1.807) is 18.7 Å². The number of carbonyl (C=O) groups excluding carboxylic acids is 1. The van der Waals surface area contributed by atoms with Crippen molar-refractivity contribution >= 4 is 11.9 Å². The molecule has 25 heavy (non-hydrogen) atoms. The van der Waals surface area contributed by atoms with Crippen LogP contribution >= 0.6 is 0 Å². The lowest BCUT2D eigenvalue weighted by Gasteiger charge is -2.38. The van der Waals surface area contributed by atoms with Gasteiger partial charge in [0.05, 0.1) is 5.92 Å². The SMILES string of the molecule is CC(C(=O)N1CCC[C@H](C(=O)O)[C@@H]1C)n1nnc(-c2ccccc2)n1. The average molecular weight is 343 g/mol. The van der Waals surface area contributed by atoms with Crippen LogP contribution in [0.3, 0.4) is 0 Å². The molecule has 3 rings (SSSR count). The molecule has 1 aromatic heterocycles. The lowest BCUT2D eigenvalue weighted by atomic mass is 9.90. The first kappa shape index (κ1) is 17.1. The summed E-state index contributed by atoms with van der Waals surface area (Å²) in [7, 11) is 0. The fourth-order valence-corrected chi connectivity index (χ4v) is 3.22. The van der Waals surface area contributed by atoms with Crippen LogP contribution in [-0.2, 0) is 9.59 Å². The highest BCUT2D eigenvalue weighted by atomic mass is 16.4. The first-order valence-electron chi connectivity index (χ1n) is 8.37. The minimum absolute atomic E-state index is 0.185. The predicted octanol–water partition coefficient (Wildman–Crippen LogP) is 1.61. The Hall–Kier alpha value is -2.77. The number of carbonyl (C=O) groups is 2. The van der Waals surface area contributed by atoms with Crippen LogP contribution < -0.4 is 0 Å². The topological polar surface area (TPSA) is 101 Å². The van der Waals surface area contributed by atoms with Crippen LogP contribution in [0.5, 0.6) is 0 Å². The van der Waals surface area contributed by atoms with Gasteiger partial charge in [0.2, 0.25) is 11.7 Å². The average Bonchev–Trinajstić information content (AvgIpc) is 3.11. The largest absolute Gasteiger partial charge is 0.481 e. The number of amides is 1. The number of rotatable bonds is 4. The van der Waals surface area contributed by atoms with Crippen molar-refractivity contribution in [3.8, 4) is 11.4 Å². The molecule has 2 heterocycles. The Kier molecular flexibility index (Phi) is 4.78. The molecule has 3 atom stereocenters. The van der Waals surface area contributed by atoms with Gasteiger partial charge in [-0.15, -0.1) is 10.2 Å². The maximum absolute atomic E-state index is 12.8. The van der Waals surface area contributed by atoms with E-state index in [-0.39, 0.29) is 11.9 Å². The van der Waals surface area contributed by atoms with Crippen LogP contribution in [0.1, 0.15) is 32.7 Å². The Morgan fingerprint density at radius 2 is 2.00 bits per heavy atom. The van der Waals surface area contributed by atoms with Crippen LogP contribution in [0.15, 0.2) is 30.3 Å². The Balaban J connectivity index is 1.76. The summed E-state index contributed by atoms with van der Waals surface area (Å²) in [6.45, 7) is 4.04. The second-order valence-electron chi connectivity index (χ2n) is 6.33. The standard InChI is InChI=1S/C17H21N5O3/c1-11-14(17(24)25)9-6-10-21(11)16(23)12(2)22-19-15(18-20-22)13-7-4-3-5-8-13/h3-5,7-8,11-12,14H,6,9-10H2,1-2H3,(H,24,25)/t11-,12?,14-/m0/s1. The molecule has 8 nitrogen and oxygen atoms in total. The highest BCUT2D eigenvalue weighted by Crippen LogP contribution is 2.26. The summed E-state index contributed by atoms with van der Waals surface area (Å²) in [4.78, 5) is 27.1. The number of piperidine rings is 1. The Morgan fingerprint density at radius 3 is 2.68 bits per heavy atom. The number of likely N-dealkylation sites (tertiary alicyclic amines) is 1. The first-order valence-corrected chi connectivity index (χ1v) is 8.37. The van der Waals surface area contributed by atoms with Gasteiger partial charge in [-0.25, -0.2) is 0 Å². The van der Waals surface area contributed by atoms with Gasteiger partial charge < -0.3 is 10.0 Å². The van der Waals surface area contributed by atoms with Gasteiger partial charge in [0.15, 0.2) is 0 Å². The van der Waals surface area contributed by atoms with Gasteiger partial charge in [-0.1, -0.05) is 30.3 Å². The number of carboxylic acid groups (broad SMARTS) is 1. The quantitative estimate of drug-likeness (QED) is 0.905. The first-order chi connectivity index (χ1) is 12.0. The lowest BCUT2D eigenvalue weighted by molar-refractivity contribution is -0.150. The van der Waals surface area contributed by atoms with Crippen LogP contribution in [0.2, 0.25) is 0 Å². The number of aromatic nitrogens is 4. The summed E-state index contributed by atoms with van der Waals surface area (Å²) in [6.07, 6.45) is 1.27. The molecule has 0 bridgehead atoms. The maximum atomic E-state index is 12.8. The molecule has 1 aliphatic rings. The van der Waals surface area contributed by atoms with Crippen LogP contribution in [0.4, 0.5) is 0 Å². The third kappa shape index (κ3) is 3.38. The highest BCUT2D eigenvalue weighted by molar-refractivity contribution is 5.81. The van der Waals surface area contributed by atoms with E-state index in [1.165, 1.54) is 4.80 Å². The van der Waals surface area contributed by atoms with Crippen molar-refractivity contribution < 1.29 is 14.7 Å². The zero-order valence-corrected chi connectivity index (χ0v) is 14.2. The molecule has 8 heteroatoms. The summed E-state index contributed by atoms with van der Waals surface area (Å²) in [5.41, 5.74) is 0.825. The number of benzene rings is 1. The molecule has 1 aromatic carbocycles. The Morgan fingerprint density at radius 1 is 1.28 bits per heavy atom. The summed E-state index contributed by atoms with van der Waals surface area (Å²) in [5.74, 6) is -1.12. The molecule has 1 fully saturated rings. The number of hydrogen-bond acceptors (Lipinski definition) is 5. The van der Waals surface area contributed by atoms with Crippen LogP contribution in [0, 0.1) is 5.92 Å². The van der Waals surface area contributed by atoms with Gasteiger partial charge in [0, 0.05) is 18.2 Å². The molecule has 1 saturated heterocycles. The summed E-state index contributed by atoms with van der Waals surface area (Å²) in [6, 6.07) is 8.42. The van der Waals surface area contributed by atoms with Gasteiger partial charge in [-0.2, -0.15) is 4.80 Å². The second-order valence-corrected chi connectivity index (χ2v) is 6.33. The van der Waals surface area contributed by atoms with Crippen molar-refractivity contribution in [2.75, 3.05) is 6.54 Å². The lowest BCUT2D eigenvalue weighted by Crippen LogP contribution is -2.51. The number of hydrogen-bond donors (Lipinski definition) is 1. The normalized spacial score (nSPS) is 21.8. The van der Waals surface area contributed by atoms with Gasteiger partial charge in [-0.05, 0) is 31.9 Å². The summed E-state index contributed by atoms with van der Waals surface area (Å²) >= 11 is 0. The molecule has 1 amide bonds. The van der Waals surface area contributed by atoms with Crippen molar-refractivity contribution in [3.05, 3.63) is 30.3 Å². The van der Waals surface area contributed by atoms with E-state index in [1.807, 2.05) is 30.3 Å². The molecule has 1 unspecified atom stereocenters. The van der Waals surface area contributed by atoms with Crippen molar-refractivity contribution in [1.82, 2.24) is 25.1 Å². The van der Waals surface area contributed by atoms with Crippen LogP contribution in [-0.4, -0.2) is 54.7 Å². The zero-order chi connectivity index (χ0) is 18.0. The van der Waals surface area contributed by atoms with E-state index in [2.05, 4.69) is 15.4 Å². The molecular formula is C17H21N5O3. The maximum Gasteiger partial charge on any atom is 0.308 e. The van der Waals surface area contributed by atoms with Gasteiger partial charge >= 0.3 is 5.97 Å². The minimum Gasteiger partial charge on any atom is -0.481 e. The number of tetrazole rings is 1. The van der Waals surface area contributed by atoms with E-state index in [0.717, 1.165) is 5.56 Å². The minimum atomic E-state index is -0.858. The van der Waals surface area contributed by atoms with Gasteiger partial charge in [-0.3, -0.25) is 9.59 Å². The second kappa shape index (κ2) is 7.00. The van der Waals surface area contributed by atoms with Gasteiger partial charge in [0.25, 0.3) is 0 Å². The number of aliphatic carboxylic acids is 1. The molecule has 0 aliphatic carbocycles. The molecular weight excluding hydrogens is 322 g/mol. The zero-order valence-electron chi connectivity index (χ0n) is 14.2. The van der Waals surface area contributed by atoms with E-state index < -0.39 is 17.9 Å². The Labute approximate surface area is 145 Å². The van der Waals surface area contributed by atoms with E-state index in [4.69, 9.17) is 0 Å². The third-order valence-electron chi connectivity index (χ3n) is 4.75. The van der Waals surface area contributed by atoms with Crippen molar-refractivity contribution in [2.24, 2.45) is 5.92 Å². The monoisotopic (exact) mass is 343 g/mol. The van der Waals surface area contributed by atoms with E-state index >= 15 is 0 Å². The van der Waals surface area contributed by atoms with Crippen LogP contribution in [0.25, 0.3) is 11.4 Å². The molecule has 0 spiro atoms. The Bertz CT molecular complexity index is 761. The van der Waals surface area contributed by atoms with E-state index in [9.17, 15) is 14.7 Å². The predicted molar refractivity (Wildman–Crippen MR) is 89.5 cm³/mol. The summed E-state index contributed by atoms with van der Waals surface area (Å²) in [5, 5.41) is 21.6. The smallest absolute Gasteiger partial charge is 0.308 e. The molecule has 1 aliphatic heterocycles. The molecule has 2 aromatic rings. The van der Waals surface area contributed by atoms with Crippen molar-refractivity contribution in [2.45, 2.75) is 38.8 Å². The fraction of sp³-hybridized carbons (Fsp3) is 0.471.